The Kier molecular flexibility index (Phi) is 2.23. The second-order valence-corrected chi connectivity index (χ2v) is 3.98. The molecule has 1 aliphatic rings. The van der Waals surface area contributed by atoms with Gasteiger partial charge in [0.2, 0.25) is 0 Å². The van der Waals surface area contributed by atoms with E-state index in [0.717, 1.165) is 0 Å². The third-order valence-corrected chi connectivity index (χ3v) is 2.87. The van der Waals surface area contributed by atoms with Crippen molar-refractivity contribution < 1.29 is 20.1 Å². The van der Waals surface area contributed by atoms with Crippen molar-refractivity contribution in [2.75, 3.05) is 0 Å². The lowest BCUT2D eigenvalue weighted by molar-refractivity contribution is 0.0143. The van der Waals surface area contributed by atoms with Gasteiger partial charge in [-0.1, -0.05) is 6.92 Å². The zero-order chi connectivity index (χ0) is 11.2. The SMILES string of the molecule is CC1Oc2cc(O)cc(O)c2C(C)C1O. The van der Waals surface area contributed by atoms with E-state index in [1.165, 1.54) is 12.1 Å². The Balaban J connectivity index is 2.55. The molecule has 1 heterocycles. The van der Waals surface area contributed by atoms with Gasteiger partial charge in [0.25, 0.3) is 0 Å². The van der Waals surface area contributed by atoms with Gasteiger partial charge in [-0.15, -0.1) is 0 Å². The van der Waals surface area contributed by atoms with Crippen LogP contribution in [0, 0.1) is 0 Å². The molecular weight excluding hydrogens is 196 g/mol. The van der Waals surface area contributed by atoms with Crippen LogP contribution >= 0.6 is 0 Å². The Bertz CT molecular complexity index is 388. The minimum absolute atomic E-state index is 0.0385. The van der Waals surface area contributed by atoms with E-state index in [1.807, 2.05) is 6.92 Å². The average molecular weight is 210 g/mol. The first-order valence-electron chi connectivity index (χ1n) is 4.91. The summed E-state index contributed by atoms with van der Waals surface area (Å²) in [5, 5.41) is 28.8. The lowest BCUT2D eigenvalue weighted by atomic mass is 9.88. The number of hydrogen-bond donors (Lipinski definition) is 3. The summed E-state index contributed by atoms with van der Waals surface area (Å²) in [6, 6.07) is 2.70. The highest BCUT2D eigenvalue weighted by molar-refractivity contribution is 5.52. The van der Waals surface area contributed by atoms with Crippen LogP contribution in [0.25, 0.3) is 0 Å². The third kappa shape index (κ3) is 1.51. The van der Waals surface area contributed by atoms with Gasteiger partial charge in [0.05, 0.1) is 6.10 Å². The Morgan fingerprint density at radius 2 is 1.87 bits per heavy atom. The highest BCUT2D eigenvalue weighted by Gasteiger charge is 2.34. The number of ether oxygens (including phenoxy) is 1. The first-order chi connectivity index (χ1) is 7.00. The van der Waals surface area contributed by atoms with Crippen LogP contribution in [-0.2, 0) is 0 Å². The predicted molar refractivity (Wildman–Crippen MR) is 54.3 cm³/mol. The van der Waals surface area contributed by atoms with Gasteiger partial charge in [-0.25, -0.2) is 0 Å². The number of benzene rings is 1. The van der Waals surface area contributed by atoms with Crippen molar-refractivity contribution in [2.24, 2.45) is 0 Å². The van der Waals surface area contributed by atoms with E-state index in [0.29, 0.717) is 11.3 Å². The molecule has 82 valence electrons. The molecule has 3 atom stereocenters. The molecule has 0 amide bonds. The molecule has 0 radical (unpaired) electrons. The summed E-state index contributed by atoms with van der Waals surface area (Å²) in [5.41, 5.74) is 0.554. The summed E-state index contributed by atoms with van der Waals surface area (Å²) in [5.74, 6) is 0.160. The number of phenols is 2. The van der Waals surface area contributed by atoms with Crippen molar-refractivity contribution in [2.45, 2.75) is 32.0 Å². The van der Waals surface area contributed by atoms with Crippen molar-refractivity contribution in [3.8, 4) is 17.2 Å². The monoisotopic (exact) mass is 210 g/mol. The van der Waals surface area contributed by atoms with Gasteiger partial charge in [0.15, 0.2) is 0 Å². The fourth-order valence-electron chi connectivity index (χ4n) is 2.00. The second kappa shape index (κ2) is 3.31. The Hall–Kier alpha value is -1.42. The molecule has 1 aromatic rings. The Morgan fingerprint density at radius 3 is 2.53 bits per heavy atom. The average Bonchev–Trinajstić information content (AvgIpc) is 2.13. The topological polar surface area (TPSA) is 69.9 Å². The zero-order valence-corrected chi connectivity index (χ0v) is 8.64. The maximum absolute atomic E-state index is 9.79. The van der Waals surface area contributed by atoms with Crippen molar-refractivity contribution >= 4 is 0 Å². The first kappa shape index (κ1) is 10.1. The maximum atomic E-state index is 9.79. The molecule has 3 N–H and O–H groups in total. The molecule has 1 aromatic carbocycles. The number of rotatable bonds is 0. The smallest absolute Gasteiger partial charge is 0.130 e. The number of phenolic OH excluding ortho intramolecular Hbond substituents is 2. The summed E-state index contributed by atoms with van der Waals surface area (Å²) in [7, 11) is 0. The molecule has 0 saturated heterocycles. The molecule has 3 unspecified atom stereocenters. The van der Waals surface area contributed by atoms with Crippen LogP contribution in [0.5, 0.6) is 17.2 Å². The van der Waals surface area contributed by atoms with E-state index in [2.05, 4.69) is 0 Å². The maximum Gasteiger partial charge on any atom is 0.130 e. The fraction of sp³-hybridized carbons (Fsp3) is 0.455. The highest BCUT2D eigenvalue weighted by Crippen LogP contribution is 2.43. The summed E-state index contributed by atoms with van der Waals surface area (Å²) in [4.78, 5) is 0. The third-order valence-electron chi connectivity index (χ3n) is 2.87. The number of aliphatic hydroxyl groups is 1. The number of aromatic hydroxyl groups is 2. The van der Waals surface area contributed by atoms with Crippen molar-refractivity contribution in [1.29, 1.82) is 0 Å². The van der Waals surface area contributed by atoms with Gasteiger partial charge in [-0.05, 0) is 6.92 Å². The normalized spacial score (nSPS) is 29.4. The molecule has 4 heteroatoms. The molecule has 0 saturated carbocycles. The molecule has 2 rings (SSSR count). The minimum atomic E-state index is -0.645. The van der Waals surface area contributed by atoms with Crippen LogP contribution in [0.3, 0.4) is 0 Å². The molecular formula is C11H14O4. The van der Waals surface area contributed by atoms with E-state index in [-0.39, 0.29) is 23.5 Å². The van der Waals surface area contributed by atoms with Gasteiger partial charge in [-0.3, -0.25) is 0 Å². The largest absolute Gasteiger partial charge is 0.508 e. The van der Waals surface area contributed by atoms with Crippen LogP contribution in [0.4, 0.5) is 0 Å². The summed E-state index contributed by atoms with van der Waals surface area (Å²) >= 11 is 0. The van der Waals surface area contributed by atoms with Crippen LogP contribution in [0.2, 0.25) is 0 Å². The molecule has 15 heavy (non-hydrogen) atoms. The molecule has 0 aliphatic carbocycles. The molecule has 0 aromatic heterocycles. The van der Waals surface area contributed by atoms with Gasteiger partial charge < -0.3 is 20.1 Å². The quantitative estimate of drug-likeness (QED) is 0.604. The molecule has 1 aliphatic heterocycles. The van der Waals surface area contributed by atoms with Crippen LogP contribution < -0.4 is 4.74 Å². The molecule has 4 nitrogen and oxygen atoms in total. The Morgan fingerprint density at radius 1 is 1.20 bits per heavy atom. The van der Waals surface area contributed by atoms with Gasteiger partial charge in [0, 0.05) is 23.6 Å². The van der Waals surface area contributed by atoms with Crippen molar-refractivity contribution in [3.63, 3.8) is 0 Å². The predicted octanol–water partition coefficient (Wildman–Crippen LogP) is 1.34. The van der Waals surface area contributed by atoms with Crippen LogP contribution in [0.1, 0.15) is 25.3 Å². The minimum Gasteiger partial charge on any atom is -0.508 e. The van der Waals surface area contributed by atoms with Crippen molar-refractivity contribution in [3.05, 3.63) is 17.7 Å². The highest BCUT2D eigenvalue weighted by atomic mass is 16.5. The standard InChI is InChI=1S/C11H14O4/c1-5-10-8(13)3-7(12)4-9(10)15-6(2)11(5)14/h3-6,11-14H,1-2H3. The van der Waals surface area contributed by atoms with E-state index >= 15 is 0 Å². The van der Waals surface area contributed by atoms with Crippen molar-refractivity contribution in [1.82, 2.24) is 0 Å². The van der Waals surface area contributed by atoms with Gasteiger partial charge >= 0.3 is 0 Å². The molecule has 0 fully saturated rings. The second-order valence-electron chi connectivity index (χ2n) is 3.98. The molecule has 0 bridgehead atoms. The number of aliphatic hydroxyl groups excluding tert-OH is 1. The molecule has 0 spiro atoms. The first-order valence-corrected chi connectivity index (χ1v) is 4.91. The summed E-state index contributed by atoms with van der Waals surface area (Å²) in [6.07, 6.45) is -0.985. The van der Waals surface area contributed by atoms with E-state index in [4.69, 9.17) is 4.74 Å². The van der Waals surface area contributed by atoms with E-state index in [9.17, 15) is 15.3 Å². The lowest BCUT2D eigenvalue weighted by Gasteiger charge is -2.33. The lowest BCUT2D eigenvalue weighted by Crippen LogP contribution is -2.37. The zero-order valence-electron chi connectivity index (χ0n) is 8.64. The van der Waals surface area contributed by atoms with Crippen LogP contribution in [-0.4, -0.2) is 27.5 Å². The van der Waals surface area contributed by atoms with E-state index < -0.39 is 6.10 Å². The fourth-order valence-corrected chi connectivity index (χ4v) is 2.00. The number of fused-ring (bicyclic) bond motifs is 1. The number of hydrogen-bond acceptors (Lipinski definition) is 4. The van der Waals surface area contributed by atoms with Gasteiger partial charge in [0.1, 0.15) is 23.4 Å². The van der Waals surface area contributed by atoms with Gasteiger partial charge in [-0.2, -0.15) is 0 Å². The summed E-state index contributed by atoms with van der Waals surface area (Å²) in [6.45, 7) is 3.57. The van der Waals surface area contributed by atoms with E-state index in [1.54, 1.807) is 6.92 Å². The van der Waals surface area contributed by atoms with Crippen LogP contribution in [0.15, 0.2) is 12.1 Å². The Labute approximate surface area is 87.7 Å². The summed E-state index contributed by atoms with van der Waals surface area (Å²) < 4.78 is 5.41.